The Bertz CT molecular complexity index is 529. The van der Waals surface area contributed by atoms with Crippen LogP contribution >= 0.6 is 0 Å². The van der Waals surface area contributed by atoms with Crippen LogP contribution in [0.25, 0.3) is 0 Å². The molecule has 0 fully saturated rings. The fraction of sp³-hybridized carbons (Fsp3) is 0.500. The Labute approximate surface area is 110 Å². The van der Waals surface area contributed by atoms with Crippen LogP contribution in [0.5, 0.6) is 0 Å². The van der Waals surface area contributed by atoms with Gasteiger partial charge >= 0.3 is 5.82 Å². The molecular formula is C10H15N3O5S. The quantitative estimate of drug-likeness (QED) is 0.554. The van der Waals surface area contributed by atoms with Gasteiger partial charge < -0.3 is 15.2 Å². The highest BCUT2D eigenvalue weighted by molar-refractivity contribution is 7.89. The number of hydrogen-bond acceptors (Lipinski definition) is 6. The van der Waals surface area contributed by atoms with Crippen LogP contribution in [0.2, 0.25) is 0 Å². The Morgan fingerprint density at radius 2 is 2.21 bits per heavy atom. The van der Waals surface area contributed by atoms with Crippen LogP contribution in [0.15, 0.2) is 23.2 Å². The van der Waals surface area contributed by atoms with Gasteiger partial charge in [-0.05, 0) is 28.8 Å². The number of aliphatic hydroxyl groups is 1. The topological polar surface area (TPSA) is 122 Å². The predicted octanol–water partition coefficient (Wildman–Crippen LogP) is 0.429. The summed E-state index contributed by atoms with van der Waals surface area (Å²) in [6, 6.07) is 2.14. The molecule has 0 saturated heterocycles. The van der Waals surface area contributed by atoms with E-state index in [1.54, 1.807) is 6.92 Å². The zero-order valence-electron chi connectivity index (χ0n) is 10.3. The van der Waals surface area contributed by atoms with Crippen LogP contribution in [0.3, 0.4) is 0 Å². The smallest absolute Gasteiger partial charge is 0.363 e. The van der Waals surface area contributed by atoms with Crippen LogP contribution in [0, 0.1) is 10.1 Å². The molecule has 0 radical (unpaired) electrons. The minimum atomic E-state index is -3.75. The van der Waals surface area contributed by atoms with Crippen LogP contribution in [-0.2, 0) is 10.0 Å². The van der Waals surface area contributed by atoms with E-state index in [1.165, 1.54) is 0 Å². The second kappa shape index (κ2) is 6.55. The molecule has 1 aromatic rings. The van der Waals surface area contributed by atoms with E-state index in [1.807, 2.05) is 0 Å². The molecule has 1 aromatic heterocycles. The lowest BCUT2D eigenvalue weighted by molar-refractivity contribution is -0.389. The highest BCUT2D eigenvalue weighted by Crippen LogP contribution is 2.12. The Morgan fingerprint density at radius 3 is 2.68 bits per heavy atom. The minimum absolute atomic E-state index is 0.0916. The predicted molar refractivity (Wildman–Crippen MR) is 67.0 cm³/mol. The fourth-order valence-electron chi connectivity index (χ4n) is 1.29. The van der Waals surface area contributed by atoms with E-state index in [0.29, 0.717) is 12.8 Å². The maximum Gasteiger partial charge on any atom is 0.363 e. The molecule has 1 heterocycles. The first kappa shape index (κ1) is 15.5. The lowest BCUT2D eigenvalue weighted by atomic mass is 10.2. The van der Waals surface area contributed by atoms with Crippen molar-refractivity contribution >= 4 is 15.8 Å². The maximum atomic E-state index is 11.8. The average Bonchev–Trinajstić information content (AvgIpc) is 2.38. The van der Waals surface area contributed by atoms with Crippen molar-refractivity contribution in [3.63, 3.8) is 0 Å². The zero-order chi connectivity index (χ0) is 14.5. The highest BCUT2D eigenvalue weighted by Gasteiger charge is 2.17. The first-order valence-electron chi connectivity index (χ1n) is 5.65. The number of nitro groups is 1. The molecule has 8 nitrogen and oxygen atoms in total. The summed E-state index contributed by atoms with van der Waals surface area (Å²) in [5.74, 6) is -0.416. The van der Waals surface area contributed by atoms with Crippen molar-refractivity contribution in [1.82, 2.24) is 9.71 Å². The summed E-state index contributed by atoms with van der Waals surface area (Å²) in [5, 5.41) is 19.7. The van der Waals surface area contributed by atoms with Gasteiger partial charge in [-0.15, -0.1) is 0 Å². The van der Waals surface area contributed by atoms with Crippen molar-refractivity contribution in [1.29, 1.82) is 0 Å². The summed E-state index contributed by atoms with van der Waals surface area (Å²) in [6.07, 6.45) is 1.21. The normalized spacial score (nSPS) is 13.2. The summed E-state index contributed by atoms with van der Waals surface area (Å²) < 4.78 is 25.9. The van der Waals surface area contributed by atoms with E-state index in [4.69, 9.17) is 0 Å². The Balaban J connectivity index is 2.69. The van der Waals surface area contributed by atoms with Gasteiger partial charge in [-0.1, -0.05) is 6.92 Å². The SMILES string of the molecule is CCC(O)CCNS(=O)(=O)c1ccc([N+](=O)[O-])nc1. The lowest BCUT2D eigenvalue weighted by Gasteiger charge is -2.08. The number of aliphatic hydroxyl groups excluding tert-OH is 1. The van der Waals surface area contributed by atoms with Gasteiger partial charge in [0.1, 0.15) is 4.90 Å². The van der Waals surface area contributed by atoms with Gasteiger partial charge in [0.15, 0.2) is 6.20 Å². The molecule has 9 heteroatoms. The van der Waals surface area contributed by atoms with E-state index in [2.05, 4.69) is 9.71 Å². The van der Waals surface area contributed by atoms with Gasteiger partial charge in [0.25, 0.3) is 0 Å². The number of nitrogens with one attached hydrogen (secondary N) is 1. The lowest BCUT2D eigenvalue weighted by Crippen LogP contribution is -2.27. The molecule has 0 aliphatic rings. The fourth-order valence-corrected chi connectivity index (χ4v) is 2.28. The standard InChI is InChI=1S/C10H15N3O5S/c1-2-8(14)5-6-12-19(17,18)9-3-4-10(11-7-9)13(15)16/h3-4,7-8,12,14H,2,5-6H2,1H3. The van der Waals surface area contributed by atoms with Crippen LogP contribution in [-0.4, -0.2) is 36.1 Å². The van der Waals surface area contributed by atoms with Crippen molar-refractivity contribution in [2.24, 2.45) is 0 Å². The molecule has 0 saturated carbocycles. The second-order valence-corrected chi connectivity index (χ2v) is 5.62. The third-order valence-electron chi connectivity index (χ3n) is 2.46. The van der Waals surface area contributed by atoms with Gasteiger partial charge in [-0.2, -0.15) is 0 Å². The monoisotopic (exact) mass is 289 g/mol. The molecule has 1 rings (SSSR count). The summed E-state index contributed by atoms with van der Waals surface area (Å²) in [7, 11) is -3.75. The van der Waals surface area contributed by atoms with Gasteiger partial charge in [-0.3, -0.25) is 0 Å². The molecule has 0 aromatic carbocycles. The molecule has 0 bridgehead atoms. The third-order valence-corrected chi connectivity index (χ3v) is 3.91. The number of nitrogens with zero attached hydrogens (tertiary/aromatic N) is 2. The summed E-state index contributed by atoms with van der Waals surface area (Å²) in [5.41, 5.74) is 0. The third kappa shape index (κ3) is 4.54. The highest BCUT2D eigenvalue weighted by atomic mass is 32.2. The minimum Gasteiger partial charge on any atom is -0.393 e. The molecule has 106 valence electrons. The number of sulfonamides is 1. The molecule has 0 spiro atoms. The van der Waals surface area contributed by atoms with Crippen LogP contribution < -0.4 is 4.72 Å². The van der Waals surface area contributed by atoms with Crippen molar-refractivity contribution in [3.8, 4) is 0 Å². The van der Waals surface area contributed by atoms with E-state index in [0.717, 1.165) is 18.3 Å². The first-order chi connectivity index (χ1) is 8.86. The van der Waals surface area contributed by atoms with Crippen molar-refractivity contribution in [2.45, 2.75) is 30.8 Å². The number of pyridine rings is 1. The van der Waals surface area contributed by atoms with Crippen LogP contribution in [0.1, 0.15) is 19.8 Å². The summed E-state index contributed by atoms with van der Waals surface area (Å²) >= 11 is 0. The Hall–Kier alpha value is -1.58. The Morgan fingerprint density at radius 1 is 1.53 bits per heavy atom. The molecule has 1 unspecified atom stereocenters. The van der Waals surface area contributed by atoms with E-state index >= 15 is 0 Å². The number of aromatic nitrogens is 1. The largest absolute Gasteiger partial charge is 0.393 e. The molecular weight excluding hydrogens is 274 g/mol. The van der Waals surface area contributed by atoms with Gasteiger partial charge in [0.2, 0.25) is 10.0 Å². The van der Waals surface area contributed by atoms with E-state index in [9.17, 15) is 23.6 Å². The number of hydrogen-bond donors (Lipinski definition) is 2. The average molecular weight is 289 g/mol. The summed E-state index contributed by atoms with van der Waals surface area (Å²) in [4.78, 5) is 13.0. The van der Waals surface area contributed by atoms with Crippen molar-refractivity contribution in [2.75, 3.05) is 6.54 Å². The van der Waals surface area contributed by atoms with Gasteiger partial charge in [-0.25, -0.2) is 13.1 Å². The Kier molecular flexibility index (Phi) is 5.33. The number of rotatable bonds is 7. The van der Waals surface area contributed by atoms with Crippen molar-refractivity contribution < 1.29 is 18.4 Å². The van der Waals surface area contributed by atoms with Gasteiger partial charge in [0.05, 0.1) is 6.10 Å². The van der Waals surface area contributed by atoms with Crippen LogP contribution in [0.4, 0.5) is 5.82 Å². The van der Waals surface area contributed by atoms with E-state index in [-0.39, 0.29) is 11.4 Å². The molecule has 19 heavy (non-hydrogen) atoms. The molecule has 0 aliphatic heterocycles. The maximum absolute atomic E-state index is 11.8. The summed E-state index contributed by atoms with van der Waals surface area (Å²) in [6.45, 7) is 1.88. The molecule has 1 atom stereocenters. The molecule has 2 N–H and O–H groups in total. The second-order valence-electron chi connectivity index (χ2n) is 3.86. The van der Waals surface area contributed by atoms with E-state index < -0.39 is 26.9 Å². The first-order valence-corrected chi connectivity index (χ1v) is 7.13. The molecule has 0 aliphatic carbocycles. The van der Waals surface area contributed by atoms with Gasteiger partial charge in [0, 0.05) is 12.6 Å². The molecule has 0 amide bonds. The zero-order valence-corrected chi connectivity index (χ0v) is 11.1. The van der Waals surface area contributed by atoms with Crippen molar-refractivity contribution in [3.05, 3.63) is 28.4 Å².